The third-order valence-electron chi connectivity index (χ3n) is 3.75. The van der Waals surface area contributed by atoms with Crippen LogP contribution in [0.4, 0.5) is 5.95 Å². The van der Waals surface area contributed by atoms with E-state index in [9.17, 15) is 0 Å². The summed E-state index contributed by atoms with van der Waals surface area (Å²) in [4.78, 5) is 11.3. The number of benzene rings is 1. The van der Waals surface area contributed by atoms with Crippen LogP contribution in [0.15, 0.2) is 24.3 Å². The van der Waals surface area contributed by atoms with Crippen LogP contribution in [0.1, 0.15) is 22.4 Å². The molecule has 1 aromatic carbocycles. The Labute approximate surface area is 116 Å². The van der Waals surface area contributed by atoms with Gasteiger partial charge in [-0.3, -0.25) is 0 Å². The number of rotatable bonds is 1. The van der Waals surface area contributed by atoms with E-state index in [-0.39, 0.29) is 0 Å². The largest absolute Gasteiger partial charge is 0.332 e. The van der Waals surface area contributed by atoms with E-state index in [0.29, 0.717) is 5.15 Å². The fraction of sp³-hybridized carbons (Fsp3) is 0.286. The van der Waals surface area contributed by atoms with Crippen LogP contribution >= 0.6 is 11.6 Å². The van der Waals surface area contributed by atoms with Gasteiger partial charge in [-0.2, -0.15) is 0 Å². The summed E-state index contributed by atoms with van der Waals surface area (Å²) in [6.45, 7) is 3.28. The Morgan fingerprint density at radius 3 is 2.53 bits per heavy atom. The summed E-state index contributed by atoms with van der Waals surface area (Å²) in [5, 5.41) is 3.84. The second-order valence-electron chi connectivity index (χ2n) is 4.97. The zero-order valence-corrected chi connectivity index (χ0v) is 11.1. The second kappa shape index (κ2) is 4.18. The summed E-state index contributed by atoms with van der Waals surface area (Å²) >= 11 is 6.25. The monoisotopic (exact) mass is 272 g/mol. The third-order valence-corrected chi connectivity index (χ3v) is 4.06. The molecule has 0 atom stereocenters. The van der Waals surface area contributed by atoms with Crippen LogP contribution in [0.3, 0.4) is 0 Å². The van der Waals surface area contributed by atoms with Crippen molar-refractivity contribution in [2.24, 2.45) is 0 Å². The van der Waals surface area contributed by atoms with Gasteiger partial charge in [-0.25, -0.2) is 9.97 Å². The molecule has 0 radical (unpaired) electrons. The van der Waals surface area contributed by atoms with Crippen LogP contribution in [0, 0.1) is 0 Å². The fourth-order valence-electron chi connectivity index (χ4n) is 2.73. The number of hydrogen-bond acceptors (Lipinski definition) is 4. The molecule has 19 heavy (non-hydrogen) atoms. The normalized spacial score (nSPS) is 16.6. The minimum absolute atomic E-state index is 0.584. The van der Waals surface area contributed by atoms with Gasteiger partial charge in [0.1, 0.15) is 5.15 Å². The van der Waals surface area contributed by atoms with Gasteiger partial charge in [0.2, 0.25) is 5.95 Å². The minimum Gasteiger partial charge on any atom is -0.332 e. The van der Waals surface area contributed by atoms with Crippen molar-refractivity contribution in [3.8, 4) is 0 Å². The molecule has 0 saturated heterocycles. The van der Waals surface area contributed by atoms with Crippen LogP contribution < -0.4 is 10.2 Å². The van der Waals surface area contributed by atoms with E-state index in [1.54, 1.807) is 0 Å². The molecule has 96 valence electrons. The predicted molar refractivity (Wildman–Crippen MR) is 73.9 cm³/mol. The summed E-state index contributed by atoms with van der Waals surface area (Å²) in [5.41, 5.74) is 4.77. The van der Waals surface area contributed by atoms with Crippen LogP contribution in [-0.2, 0) is 26.2 Å². The molecule has 0 bridgehead atoms. The van der Waals surface area contributed by atoms with Gasteiger partial charge < -0.3 is 10.2 Å². The fourth-order valence-corrected chi connectivity index (χ4v) is 2.98. The van der Waals surface area contributed by atoms with Gasteiger partial charge in [0.15, 0.2) is 0 Å². The molecule has 0 unspecified atom stereocenters. The first-order chi connectivity index (χ1) is 9.31. The van der Waals surface area contributed by atoms with Crippen LogP contribution in [-0.4, -0.2) is 9.97 Å². The quantitative estimate of drug-likeness (QED) is 0.809. The summed E-state index contributed by atoms with van der Waals surface area (Å²) in [5.74, 6) is 0.739. The van der Waals surface area contributed by atoms with E-state index < -0.39 is 0 Å². The van der Waals surface area contributed by atoms with Gasteiger partial charge in [-0.1, -0.05) is 35.9 Å². The van der Waals surface area contributed by atoms with E-state index in [2.05, 4.69) is 44.5 Å². The standard InChI is InChI=1S/C14H13ClN4/c15-13-11-5-16-6-12(11)17-14(18-13)19-7-9-3-1-2-4-10(9)8-19/h1-4,16H,5-8H2. The summed E-state index contributed by atoms with van der Waals surface area (Å²) in [7, 11) is 0. The Morgan fingerprint density at radius 2 is 1.79 bits per heavy atom. The molecule has 0 aliphatic carbocycles. The van der Waals surface area contributed by atoms with E-state index >= 15 is 0 Å². The number of hydrogen-bond donors (Lipinski definition) is 1. The van der Waals surface area contributed by atoms with E-state index in [1.165, 1.54) is 11.1 Å². The van der Waals surface area contributed by atoms with Gasteiger partial charge in [0.05, 0.1) is 5.69 Å². The molecule has 2 aliphatic rings. The summed E-state index contributed by atoms with van der Waals surface area (Å²) in [6.07, 6.45) is 0. The highest BCUT2D eigenvalue weighted by Gasteiger charge is 2.24. The smallest absolute Gasteiger partial charge is 0.227 e. The molecule has 2 aromatic rings. The lowest BCUT2D eigenvalue weighted by atomic mass is 10.1. The molecule has 5 heteroatoms. The first-order valence-electron chi connectivity index (χ1n) is 6.39. The number of fused-ring (bicyclic) bond motifs is 2. The van der Waals surface area contributed by atoms with Gasteiger partial charge in [0.25, 0.3) is 0 Å². The molecule has 0 fully saturated rings. The van der Waals surface area contributed by atoms with Crippen LogP contribution in [0.5, 0.6) is 0 Å². The number of halogens is 1. The van der Waals surface area contributed by atoms with Crippen LogP contribution in [0.2, 0.25) is 5.15 Å². The zero-order valence-electron chi connectivity index (χ0n) is 10.4. The molecular formula is C14H13ClN4. The molecule has 3 heterocycles. The van der Waals surface area contributed by atoms with Gasteiger partial charge in [-0.05, 0) is 11.1 Å². The third kappa shape index (κ3) is 1.79. The Kier molecular flexibility index (Phi) is 2.47. The van der Waals surface area contributed by atoms with Crippen molar-refractivity contribution in [1.29, 1.82) is 0 Å². The highest BCUT2D eigenvalue weighted by atomic mass is 35.5. The van der Waals surface area contributed by atoms with E-state index in [1.807, 2.05) is 0 Å². The number of nitrogens with one attached hydrogen (secondary N) is 1. The van der Waals surface area contributed by atoms with Crippen molar-refractivity contribution < 1.29 is 0 Å². The zero-order chi connectivity index (χ0) is 12.8. The summed E-state index contributed by atoms with van der Waals surface area (Å²) < 4.78 is 0. The van der Waals surface area contributed by atoms with Crippen molar-refractivity contribution in [2.45, 2.75) is 26.2 Å². The van der Waals surface area contributed by atoms with Gasteiger partial charge in [-0.15, -0.1) is 0 Å². The van der Waals surface area contributed by atoms with Crippen molar-refractivity contribution >= 4 is 17.5 Å². The summed E-state index contributed by atoms with van der Waals surface area (Å²) in [6, 6.07) is 8.46. The molecule has 1 N–H and O–H groups in total. The molecule has 0 amide bonds. The van der Waals surface area contributed by atoms with Crippen molar-refractivity contribution in [3.63, 3.8) is 0 Å². The Balaban J connectivity index is 1.70. The molecule has 1 aromatic heterocycles. The molecule has 4 nitrogen and oxygen atoms in total. The average molecular weight is 273 g/mol. The Bertz CT molecular complexity index is 631. The lowest BCUT2D eigenvalue weighted by Crippen LogP contribution is -2.18. The molecule has 4 rings (SSSR count). The first-order valence-corrected chi connectivity index (χ1v) is 6.77. The topological polar surface area (TPSA) is 41.1 Å². The van der Waals surface area contributed by atoms with E-state index in [4.69, 9.17) is 11.6 Å². The molecule has 0 saturated carbocycles. The predicted octanol–water partition coefficient (Wildman–Crippen LogP) is 2.25. The minimum atomic E-state index is 0.584. The first kappa shape index (κ1) is 11.2. The maximum atomic E-state index is 6.25. The lowest BCUT2D eigenvalue weighted by molar-refractivity contribution is 0.755. The van der Waals surface area contributed by atoms with Crippen molar-refractivity contribution in [1.82, 2.24) is 15.3 Å². The molecular weight excluding hydrogens is 260 g/mol. The highest BCUT2D eigenvalue weighted by Crippen LogP contribution is 2.29. The lowest BCUT2D eigenvalue weighted by Gasteiger charge is -2.16. The van der Waals surface area contributed by atoms with E-state index in [0.717, 1.165) is 43.4 Å². The van der Waals surface area contributed by atoms with Crippen molar-refractivity contribution in [2.75, 3.05) is 4.90 Å². The molecule has 2 aliphatic heterocycles. The maximum Gasteiger partial charge on any atom is 0.227 e. The molecule has 0 spiro atoms. The maximum absolute atomic E-state index is 6.25. The highest BCUT2D eigenvalue weighted by molar-refractivity contribution is 6.30. The average Bonchev–Trinajstić information content (AvgIpc) is 3.04. The van der Waals surface area contributed by atoms with Crippen molar-refractivity contribution in [3.05, 3.63) is 51.8 Å². The number of aromatic nitrogens is 2. The van der Waals surface area contributed by atoms with Crippen LogP contribution in [0.25, 0.3) is 0 Å². The number of anilines is 1. The van der Waals surface area contributed by atoms with Gasteiger partial charge in [0, 0.05) is 31.7 Å². The SMILES string of the molecule is Clc1nc(N2Cc3ccccc3C2)nc2c1CNC2. The Morgan fingerprint density at radius 1 is 1.05 bits per heavy atom. The second-order valence-corrected chi connectivity index (χ2v) is 5.33. The Hall–Kier alpha value is -1.65. The number of nitrogens with zero attached hydrogens (tertiary/aromatic N) is 3. The van der Waals surface area contributed by atoms with Gasteiger partial charge >= 0.3 is 0 Å².